The fourth-order valence-electron chi connectivity index (χ4n) is 2.86. The predicted octanol–water partition coefficient (Wildman–Crippen LogP) is 3.29. The van der Waals surface area contributed by atoms with E-state index in [0.29, 0.717) is 28.1 Å². The first-order valence-electron chi connectivity index (χ1n) is 9.09. The van der Waals surface area contributed by atoms with Crippen molar-refractivity contribution in [2.75, 3.05) is 16.0 Å². The zero-order valence-electron chi connectivity index (χ0n) is 15.6. The highest BCUT2D eigenvalue weighted by Crippen LogP contribution is 2.28. The molecule has 2 saturated heterocycles. The van der Waals surface area contributed by atoms with Crippen LogP contribution in [0.4, 0.5) is 16.2 Å². The molecule has 10 heteroatoms. The number of amides is 3. The smallest absolute Gasteiger partial charge is 0.292 e. The Morgan fingerprint density at radius 3 is 2.50 bits per heavy atom. The summed E-state index contributed by atoms with van der Waals surface area (Å²) in [6.07, 6.45) is 0.0193. The lowest BCUT2D eigenvalue weighted by molar-refractivity contribution is -0.122. The SMILES string of the molecule is O=C(CC1S/C(=N/N=C2\CSC(=O)N2c2ccccc2)NC1=O)Nc1ccccc1. The molecule has 1 atom stereocenters. The van der Waals surface area contributed by atoms with Crippen molar-refractivity contribution < 1.29 is 14.4 Å². The maximum atomic E-state index is 12.2. The summed E-state index contributed by atoms with van der Waals surface area (Å²) in [5.41, 5.74) is 1.39. The van der Waals surface area contributed by atoms with E-state index in [1.54, 1.807) is 12.1 Å². The van der Waals surface area contributed by atoms with Crippen LogP contribution in [-0.4, -0.2) is 39.1 Å². The number of anilines is 2. The van der Waals surface area contributed by atoms with Gasteiger partial charge in [0.15, 0.2) is 5.17 Å². The van der Waals surface area contributed by atoms with Crippen molar-refractivity contribution in [3.05, 3.63) is 60.7 Å². The van der Waals surface area contributed by atoms with Gasteiger partial charge >= 0.3 is 0 Å². The van der Waals surface area contributed by atoms with Crippen LogP contribution >= 0.6 is 23.5 Å². The summed E-state index contributed by atoms with van der Waals surface area (Å²) >= 11 is 2.29. The molecular weight excluding hydrogens is 422 g/mol. The zero-order valence-corrected chi connectivity index (χ0v) is 17.3. The second kappa shape index (κ2) is 9.14. The standard InChI is InChI=1S/C20H17N5O3S2/c26-17(21-13-7-3-1-4-8-13)11-15-18(27)22-19(30-15)24-23-16-12-29-20(28)25(16)14-9-5-2-6-10-14/h1-10,15H,11-12H2,(H,21,26)(H,22,24,27)/b23-16+. The molecule has 2 aromatic rings. The van der Waals surface area contributed by atoms with Crippen LogP contribution in [0.15, 0.2) is 70.9 Å². The maximum Gasteiger partial charge on any atom is 0.292 e. The van der Waals surface area contributed by atoms with Gasteiger partial charge in [-0.3, -0.25) is 19.3 Å². The third kappa shape index (κ3) is 4.71. The van der Waals surface area contributed by atoms with Crippen molar-refractivity contribution >= 4 is 63.0 Å². The molecule has 2 aliphatic heterocycles. The number of carbonyl (C=O) groups excluding carboxylic acids is 3. The number of carbonyl (C=O) groups is 3. The number of nitrogens with zero attached hydrogens (tertiary/aromatic N) is 3. The lowest BCUT2D eigenvalue weighted by atomic mass is 10.2. The Hall–Kier alpha value is -3.11. The highest BCUT2D eigenvalue weighted by atomic mass is 32.2. The number of benzene rings is 2. The van der Waals surface area contributed by atoms with E-state index in [-0.39, 0.29) is 23.5 Å². The summed E-state index contributed by atoms with van der Waals surface area (Å²) in [6.45, 7) is 0. The minimum atomic E-state index is -0.586. The van der Waals surface area contributed by atoms with Gasteiger partial charge in [-0.05, 0) is 24.3 Å². The molecule has 0 spiro atoms. The van der Waals surface area contributed by atoms with Gasteiger partial charge in [-0.2, -0.15) is 0 Å². The van der Waals surface area contributed by atoms with Crippen LogP contribution < -0.4 is 15.5 Å². The number of thioether (sulfide) groups is 2. The molecule has 2 aromatic carbocycles. The van der Waals surface area contributed by atoms with Gasteiger partial charge in [0, 0.05) is 12.1 Å². The van der Waals surface area contributed by atoms with Gasteiger partial charge in [0.25, 0.3) is 5.24 Å². The summed E-state index contributed by atoms with van der Waals surface area (Å²) in [5, 5.41) is 13.3. The molecule has 0 aromatic heterocycles. The fourth-order valence-corrected chi connectivity index (χ4v) is 4.55. The molecule has 3 amide bonds. The monoisotopic (exact) mass is 439 g/mol. The van der Waals surface area contributed by atoms with Crippen LogP contribution in [0.25, 0.3) is 0 Å². The van der Waals surface area contributed by atoms with E-state index < -0.39 is 5.25 Å². The van der Waals surface area contributed by atoms with E-state index >= 15 is 0 Å². The minimum absolute atomic E-state index is 0.0193. The van der Waals surface area contributed by atoms with Crippen LogP contribution in [-0.2, 0) is 9.59 Å². The Bertz CT molecular complexity index is 1030. The van der Waals surface area contributed by atoms with Crippen LogP contribution in [0.3, 0.4) is 0 Å². The third-order valence-corrected chi connectivity index (χ3v) is 6.15. The topological polar surface area (TPSA) is 103 Å². The summed E-state index contributed by atoms with van der Waals surface area (Å²) in [7, 11) is 0. The average Bonchev–Trinajstić information content (AvgIpc) is 3.29. The lowest BCUT2D eigenvalue weighted by Crippen LogP contribution is -2.29. The zero-order chi connectivity index (χ0) is 20.9. The largest absolute Gasteiger partial charge is 0.326 e. The normalized spacial score (nSPS) is 21.3. The molecule has 152 valence electrons. The lowest BCUT2D eigenvalue weighted by Gasteiger charge is -2.14. The minimum Gasteiger partial charge on any atom is -0.326 e. The Morgan fingerprint density at radius 2 is 1.77 bits per heavy atom. The number of amidine groups is 2. The number of hydrogen-bond donors (Lipinski definition) is 2. The van der Waals surface area contributed by atoms with Crippen molar-refractivity contribution in [1.82, 2.24) is 5.32 Å². The van der Waals surface area contributed by atoms with Gasteiger partial charge in [-0.15, -0.1) is 10.2 Å². The summed E-state index contributed by atoms with van der Waals surface area (Å²) < 4.78 is 0. The molecule has 1 unspecified atom stereocenters. The first-order valence-corrected chi connectivity index (χ1v) is 11.0. The van der Waals surface area contributed by atoms with Crippen LogP contribution in [0.2, 0.25) is 0 Å². The number of nitrogens with one attached hydrogen (secondary N) is 2. The summed E-state index contributed by atoms with van der Waals surface area (Å²) in [4.78, 5) is 38.1. The molecule has 30 heavy (non-hydrogen) atoms. The maximum absolute atomic E-state index is 12.2. The summed E-state index contributed by atoms with van der Waals surface area (Å²) in [5.74, 6) is 0.337. The quantitative estimate of drug-likeness (QED) is 0.696. The van der Waals surface area contributed by atoms with Crippen molar-refractivity contribution in [1.29, 1.82) is 0 Å². The fraction of sp³-hybridized carbons (Fsp3) is 0.150. The highest BCUT2D eigenvalue weighted by molar-refractivity contribution is 8.15. The first kappa shape index (κ1) is 20.2. The van der Waals surface area contributed by atoms with Crippen LogP contribution in [0, 0.1) is 0 Å². The number of hydrogen-bond acceptors (Lipinski definition) is 7. The van der Waals surface area contributed by atoms with E-state index in [2.05, 4.69) is 20.8 Å². The number of para-hydroxylation sites is 2. The Labute approximate surface area is 181 Å². The molecule has 2 fully saturated rings. The molecule has 2 heterocycles. The Kier molecular flexibility index (Phi) is 6.15. The van der Waals surface area contributed by atoms with Crippen molar-refractivity contribution in [2.45, 2.75) is 11.7 Å². The average molecular weight is 440 g/mol. The van der Waals surface area contributed by atoms with E-state index in [4.69, 9.17) is 0 Å². The molecule has 0 aliphatic carbocycles. The van der Waals surface area contributed by atoms with Crippen molar-refractivity contribution in [3.63, 3.8) is 0 Å². The molecule has 0 bridgehead atoms. The first-order chi connectivity index (χ1) is 14.6. The predicted molar refractivity (Wildman–Crippen MR) is 121 cm³/mol. The molecule has 4 rings (SSSR count). The van der Waals surface area contributed by atoms with Gasteiger partial charge in [-0.25, -0.2) is 0 Å². The van der Waals surface area contributed by atoms with Crippen LogP contribution in [0.5, 0.6) is 0 Å². The van der Waals surface area contributed by atoms with E-state index in [1.165, 1.54) is 4.90 Å². The highest BCUT2D eigenvalue weighted by Gasteiger charge is 2.33. The molecule has 0 radical (unpaired) electrons. The number of rotatable bonds is 5. The Morgan fingerprint density at radius 1 is 1.07 bits per heavy atom. The van der Waals surface area contributed by atoms with Crippen molar-refractivity contribution in [2.24, 2.45) is 10.2 Å². The van der Waals surface area contributed by atoms with Gasteiger partial charge < -0.3 is 10.6 Å². The molecule has 2 aliphatic rings. The molecule has 8 nitrogen and oxygen atoms in total. The van der Waals surface area contributed by atoms with E-state index in [0.717, 1.165) is 23.5 Å². The van der Waals surface area contributed by atoms with Crippen molar-refractivity contribution in [3.8, 4) is 0 Å². The van der Waals surface area contributed by atoms with Gasteiger partial charge in [0.2, 0.25) is 11.8 Å². The third-order valence-electron chi connectivity index (χ3n) is 4.24. The molecule has 0 saturated carbocycles. The van der Waals surface area contributed by atoms with E-state index in [1.807, 2.05) is 48.5 Å². The van der Waals surface area contributed by atoms with Gasteiger partial charge in [-0.1, -0.05) is 59.9 Å². The van der Waals surface area contributed by atoms with Gasteiger partial charge in [0.05, 0.1) is 11.4 Å². The Balaban J connectivity index is 1.41. The second-order valence-electron chi connectivity index (χ2n) is 6.36. The van der Waals surface area contributed by atoms with Crippen LogP contribution in [0.1, 0.15) is 6.42 Å². The summed E-state index contributed by atoms with van der Waals surface area (Å²) in [6, 6.07) is 18.2. The van der Waals surface area contributed by atoms with Gasteiger partial charge in [0.1, 0.15) is 11.1 Å². The second-order valence-corrected chi connectivity index (χ2v) is 8.48. The molecular formula is C20H17N5O3S2. The molecule has 2 N–H and O–H groups in total. The van der Waals surface area contributed by atoms with E-state index in [9.17, 15) is 14.4 Å².